The molecule has 3 saturated carbocycles. The van der Waals surface area contributed by atoms with Crippen LogP contribution in [0.4, 0.5) is 4.79 Å². The molecule has 0 aromatic heterocycles. The van der Waals surface area contributed by atoms with Gasteiger partial charge in [0, 0.05) is 161 Å². The minimum Gasteiger partial charge on any atom is -0.482 e. The molecule has 19 aliphatic heterocycles. The first-order chi connectivity index (χ1) is 58.5. The van der Waals surface area contributed by atoms with Gasteiger partial charge in [-0.3, -0.25) is 44.8 Å². The van der Waals surface area contributed by atoms with E-state index >= 15 is 0 Å². The molecule has 17 fully saturated rings. The molecular formula is C86H161N15O15S3. The van der Waals surface area contributed by atoms with E-state index in [-0.39, 0.29) is 18.0 Å². The van der Waals surface area contributed by atoms with Crippen LogP contribution in [0.15, 0.2) is 57.6 Å². The lowest BCUT2D eigenvalue weighted by Gasteiger charge is -2.10. The highest BCUT2D eigenvalue weighted by atomic mass is 32.2. The zero-order valence-corrected chi connectivity index (χ0v) is 75.2. The van der Waals surface area contributed by atoms with Crippen molar-refractivity contribution in [1.29, 1.82) is 0 Å². The van der Waals surface area contributed by atoms with Crippen molar-refractivity contribution in [2.24, 2.45) is 9.98 Å². The van der Waals surface area contributed by atoms with Crippen LogP contribution in [0.2, 0.25) is 0 Å². The van der Waals surface area contributed by atoms with Crippen molar-refractivity contribution >= 4 is 81.4 Å². The number of epoxide rings is 1. The Morgan fingerprint density at radius 1 is 0.387 bits per heavy atom. The molecule has 0 unspecified atom stereocenters. The van der Waals surface area contributed by atoms with Crippen molar-refractivity contribution in [3.8, 4) is 0 Å². The monoisotopic (exact) mass is 1740 g/mol. The molecule has 33 heteroatoms. The number of amides is 2. The minimum absolute atomic E-state index is 0.0463. The Balaban J connectivity index is 0.000000424. The van der Waals surface area contributed by atoms with Crippen molar-refractivity contribution < 1.29 is 70.3 Å². The fourth-order valence-corrected chi connectivity index (χ4v) is 14.7. The number of sulfone groups is 1. The van der Waals surface area contributed by atoms with Crippen molar-refractivity contribution in [2.45, 2.75) is 243 Å². The van der Waals surface area contributed by atoms with E-state index in [4.69, 9.17) is 14.2 Å². The summed E-state index contributed by atoms with van der Waals surface area (Å²) in [6.45, 7) is 28.6. The number of alkyl carbamates (subject to hydrolysis) is 1. The summed E-state index contributed by atoms with van der Waals surface area (Å²) < 4.78 is 54.5. The Morgan fingerprint density at radius 2 is 0.924 bits per heavy atom. The maximum atomic E-state index is 10.4. The van der Waals surface area contributed by atoms with Crippen LogP contribution >= 0.6 is 23.5 Å². The molecule has 2 amide bonds. The molecule has 19 heterocycles. The number of thioether (sulfide) groups is 2. The number of allylic oxidation sites excluding steroid dienone is 1. The number of esters is 1. The van der Waals surface area contributed by atoms with Gasteiger partial charge >= 0.3 is 12.1 Å². The molecule has 14 saturated heterocycles. The van der Waals surface area contributed by atoms with Crippen molar-refractivity contribution in [1.82, 2.24) is 69.3 Å². The zero-order chi connectivity index (χ0) is 85.2. The number of fused-ring (bicyclic) bond motifs is 2. The average Bonchev–Trinajstić information content (AvgIpc) is 1.73. The van der Waals surface area contributed by atoms with Gasteiger partial charge in [0.05, 0.1) is 82.8 Å². The quantitative estimate of drug-likeness (QED) is 0.0610. The van der Waals surface area contributed by atoms with Gasteiger partial charge in [-0.05, 0) is 223 Å². The molecule has 22 aliphatic rings. The summed E-state index contributed by atoms with van der Waals surface area (Å²) in [6, 6.07) is 0. The van der Waals surface area contributed by atoms with Crippen LogP contribution in [0, 0.1) is 0 Å². The van der Waals surface area contributed by atoms with Gasteiger partial charge in [0.15, 0.2) is 6.40 Å². The van der Waals surface area contributed by atoms with Gasteiger partial charge in [-0.1, -0.05) is 31.1 Å². The molecular weight excluding hydrogens is 1580 g/mol. The summed E-state index contributed by atoms with van der Waals surface area (Å²) in [5.74, 6) is 4.84. The van der Waals surface area contributed by atoms with E-state index < -0.39 is 9.84 Å². The molecule has 688 valence electrons. The predicted molar refractivity (Wildman–Crippen MR) is 486 cm³/mol. The Morgan fingerprint density at radius 3 is 1.08 bits per heavy atom. The second-order valence-corrected chi connectivity index (χ2v) is 34.1. The number of cyclic esters (lactones) is 2. The third kappa shape index (κ3) is 86.2. The minimum atomic E-state index is -2.55. The van der Waals surface area contributed by atoms with E-state index in [0.29, 0.717) is 60.7 Å². The molecule has 13 N–H and O–H groups in total. The van der Waals surface area contributed by atoms with E-state index in [1.807, 2.05) is 41.2 Å². The van der Waals surface area contributed by atoms with E-state index in [1.54, 1.807) is 18.1 Å². The smallest absolute Gasteiger partial charge is 0.407 e. The number of morpholine rings is 1. The number of nitrogens with zero attached hydrogens (tertiary/aromatic N) is 2. The molecule has 0 spiro atoms. The summed E-state index contributed by atoms with van der Waals surface area (Å²) in [6.07, 6.45) is 57.3. The van der Waals surface area contributed by atoms with Gasteiger partial charge in [-0.2, -0.15) is 0 Å². The number of aliphatic imine (C=N–C) groups is 2. The van der Waals surface area contributed by atoms with Gasteiger partial charge in [0.25, 0.3) is 0 Å². The summed E-state index contributed by atoms with van der Waals surface area (Å²) in [7, 11) is -2.55. The largest absolute Gasteiger partial charge is 0.482 e. The first-order valence-electron chi connectivity index (χ1n) is 45.3. The number of Topliss-reactive ketones (excluding diaryl/α,β-unsaturated/α-hetero) is 3. The number of hydrogen-bond donors (Lipinski definition) is 13. The first-order valence-corrected chi connectivity index (χ1v) is 49.3. The number of hydrazine groups is 1. The molecule has 0 aromatic rings. The summed E-state index contributed by atoms with van der Waals surface area (Å²) in [5, 5.41) is 37.4. The predicted octanol–water partition coefficient (Wildman–Crippen LogP) is 9.28. The van der Waals surface area contributed by atoms with Crippen LogP contribution in [-0.2, 0) is 67.0 Å². The Bertz CT molecular complexity index is 2270. The topological polar surface area (TPSA) is 386 Å². The van der Waals surface area contributed by atoms with Gasteiger partial charge in [-0.25, -0.2) is 13.2 Å². The maximum absolute atomic E-state index is 10.4. The Kier molecular flexibility index (Phi) is 81.1. The highest BCUT2D eigenvalue weighted by Crippen LogP contribution is 2.33. The third-order valence-electron chi connectivity index (χ3n) is 18.9. The molecule has 30 nitrogen and oxygen atoms in total. The van der Waals surface area contributed by atoms with Crippen LogP contribution in [0.5, 0.6) is 0 Å². The van der Waals surface area contributed by atoms with E-state index in [2.05, 4.69) is 116 Å². The Hall–Kier alpha value is -5.11. The lowest BCUT2D eigenvalue weighted by atomic mass is 10.0. The SMILES string of the molecule is C1=CCNC1.C1=CNCCC1.C1=CSC=CN1.C1=NCCN1.C1=NCCO1.C1CC2CCC1O2.C1CCNC1.C1CCNCC1.C1CCNCC1.C1CCOC1.C1CNNC1.C1CO1.C1COCCN1.C1CSCN1.O=C1CCCC1.O=C1CCCC1.O=C1CCCC1.O=C1CCCN1.O=C1CCCO1.O=C1NCCCO1.O=S1(=O)CCCC1. The van der Waals surface area contributed by atoms with Crippen molar-refractivity contribution in [3.63, 3.8) is 0 Å². The first kappa shape index (κ1) is 110. The van der Waals surface area contributed by atoms with Gasteiger partial charge < -0.3 is 91.6 Å². The second-order valence-electron chi connectivity index (χ2n) is 29.9. The number of ether oxygens (including phenoxy) is 7. The molecule has 2 bridgehead atoms. The molecule has 119 heavy (non-hydrogen) atoms. The van der Waals surface area contributed by atoms with E-state index in [1.165, 1.54) is 173 Å². The van der Waals surface area contributed by atoms with Crippen molar-refractivity contribution in [3.05, 3.63) is 47.6 Å². The Labute approximate surface area is 725 Å². The fourth-order valence-electron chi connectivity index (χ4n) is 12.0. The van der Waals surface area contributed by atoms with E-state index in [0.717, 1.165) is 240 Å². The number of ketones is 3. The maximum Gasteiger partial charge on any atom is 0.407 e. The van der Waals surface area contributed by atoms with Crippen LogP contribution in [0.25, 0.3) is 0 Å². The number of carbonyl (C=O) groups is 6. The lowest BCUT2D eigenvalue weighted by Crippen LogP contribution is -2.31. The number of piperidine rings is 2. The summed E-state index contributed by atoms with van der Waals surface area (Å²) in [4.78, 5) is 68.6. The van der Waals surface area contributed by atoms with Crippen LogP contribution < -0.4 is 69.3 Å². The van der Waals surface area contributed by atoms with E-state index in [9.17, 15) is 37.2 Å². The van der Waals surface area contributed by atoms with Gasteiger partial charge in [-0.15, -0.1) is 23.5 Å². The second kappa shape index (κ2) is 87.8. The normalized spacial score (nSPS) is 23.8. The summed E-state index contributed by atoms with van der Waals surface area (Å²) in [5.41, 5.74) is 5.94. The van der Waals surface area contributed by atoms with Gasteiger partial charge in [0.2, 0.25) is 5.91 Å². The number of nitrogens with one attached hydrogen (secondary N) is 13. The standard InChI is InChI=1S/C6H10O.2C5H11N.C5H9N.3C5H8O.C4H7NO2.C4H9NO.C4H7NO.C4H5NS.C4H9N.C4H7N.C4H8O2S.C4H6O2.C4H8O.C3H6N2.C3H8N2.C3H5NO.C3H7NS.C2H4O/c1-2-6-4-3-5(1)7-6;3*1-2-4-6-5-3-1;3*6-5-3-1-2-4-5;6-4-5-2-1-3-7-4;1-3-6-4-2-5-1;6-4-2-1-3-5-4;1-3-6-4-2-5-1;2*1-2-4-5-3-1;5-7(6)3-1-2-4-7;5-4-2-1-3-6-4;1-2-4-5-3-1;1-2-5-3-4-1;1-2-4-5-3-1;2*1-2-5-3-4-1;1-2-3-1/h5-6H,1-4H2;2*6H,1-5H2;2,4,6H,1,3,5H2;3*1-4H2;1-3H2,(H,5,6);5H,1-4H2;1-3H2,(H,5,6);1-5H;5H,1-4H2;1-2,5H,3-4H2;1-4H2;1-3H2;1-4H2;3H,1-2H2,(H,4,5);4-5H,1-3H2;3H,1-2H2;4H,1-3H2;1-2H2. The summed E-state index contributed by atoms with van der Waals surface area (Å²) >= 11 is 3.63. The highest BCUT2D eigenvalue weighted by molar-refractivity contribution is 8.04. The molecule has 0 atom stereocenters. The van der Waals surface area contributed by atoms with Crippen LogP contribution in [-0.4, -0.2) is 276 Å². The van der Waals surface area contributed by atoms with Crippen LogP contribution in [0.1, 0.15) is 231 Å². The molecule has 3 aliphatic carbocycles. The molecule has 0 aromatic carbocycles. The zero-order valence-electron chi connectivity index (χ0n) is 72.8. The van der Waals surface area contributed by atoms with Gasteiger partial charge in [0.1, 0.15) is 33.8 Å². The average molecular weight is 1740 g/mol. The lowest BCUT2D eigenvalue weighted by molar-refractivity contribution is -0.138. The van der Waals surface area contributed by atoms with Crippen molar-refractivity contribution in [2.75, 3.05) is 207 Å². The highest BCUT2D eigenvalue weighted by Gasteiger charge is 2.31. The van der Waals surface area contributed by atoms with Crippen LogP contribution in [0.3, 0.4) is 0 Å². The molecule has 0 radical (unpaired) electrons. The third-order valence-corrected chi connectivity index (χ3v) is 22.2. The fraction of sp³-hybridized carbons (Fsp3) is 0.814. The number of rotatable bonds is 0. The molecule has 22 rings (SSSR count). The number of hydrogen-bond acceptors (Lipinski definition) is 30. The number of carbonyl (C=O) groups excluding carboxylic acids is 6.